The molecule has 2 heterocycles. The van der Waals surface area contributed by atoms with Crippen molar-refractivity contribution in [2.45, 2.75) is 12.7 Å². The van der Waals surface area contributed by atoms with Gasteiger partial charge < -0.3 is 19.8 Å². The average Bonchev–Trinajstić information content (AvgIpc) is 3.21. The summed E-state index contributed by atoms with van der Waals surface area (Å²) in [7, 11) is 1.63. The smallest absolute Gasteiger partial charge is 0.436 e. The van der Waals surface area contributed by atoms with Gasteiger partial charge in [0.25, 0.3) is 6.01 Å². The quantitative estimate of drug-likeness (QED) is 0.428. The molecule has 30 heavy (non-hydrogen) atoms. The Hall–Kier alpha value is -3.75. The Morgan fingerprint density at radius 1 is 1.03 bits per heavy atom. The summed E-state index contributed by atoms with van der Waals surface area (Å²) in [6, 6.07) is 16.4. The lowest BCUT2D eigenvalue weighted by Gasteiger charge is -2.11. The largest absolute Gasteiger partial charge is 0.496 e. The van der Waals surface area contributed by atoms with E-state index in [-0.39, 0.29) is 6.01 Å². The Balaban J connectivity index is 1.48. The molecule has 9 heteroatoms. The van der Waals surface area contributed by atoms with Gasteiger partial charge in [0.05, 0.1) is 12.6 Å². The standard InChI is InChI=1S/C21H17F3N4O2/c1-29-17-5-3-2-4-14(17)11-25-19-9-6-13-10-15(7-8-16(13)27-19)26-20-28-18(12-30-20)21(22,23)24/h2-10,12H,11H2,1H3,(H,25,27)(H,26,28). The number of halogens is 3. The number of nitrogens with one attached hydrogen (secondary N) is 2. The molecule has 2 aromatic carbocycles. The molecule has 0 radical (unpaired) electrons. The van der Waals surface area contributed by atoms with Crippen molar-refractivity contribution >= 4 is 28.4 Å². The predicted molar refractivity (Wildman–Crippen MR) is 107 cm³/mol. The van der Waals surface area contributed by atoms with Gasteiger partial charge in [0.1, 0.15) is 17.8 Å². The third kappa shape index (κ3) is 4.29. The second-order valence-electron chi connectivity index (χ2n) is 6.43. The van der Waals surface area contributed by atoms with Crippen LogP contribution >= 0.6 is 0 Å². The molecule has 0 unspecified atom stereocenters. The fourth-order valence-corrected chi connectivity index (χ4v) is 2.92. The fourth-order valence-electron chi connectivity index (χ4n) is 2.92. The van der Waals surface area contributed by atoms with Gasteiger partial charge in [-0.1, -0.05) is 18.2 Å². The molecule has 0 atom stereocenters. The first kappa shape index (κ1) is 19.6. The predicted octanol–water partition coefficient (Wildman–Crippen LogP) is 5.61. The van der Waals surface area contributed by atoms with Crippen molar-refractivity contribution in [1.82, 2.24) is 9.97 Å². The van der Waals surface area contributed by atoms with E-state index in [2.05, 4.69) is 20.6 Å². The van der Waals surface area contributed by atoms with Crippen LogP contribution in [0.2, 0.25) is 0 Å². The first-order valence-corrected chi connectivity index (χ1v) is 8.99. The number of ether oxygens (including phenoxy) is 1. The monoisotopic (exact) mass is 414 g/mol. The number of oxazole rings is 1. The van der Waals surface area contributed by atoms with Crippen molar-refractivity contribution < 1.29 is 22.3 Å². The molecular weight excluding hydrogens is 397 g/mol. The topological polar surface area (TPSA) is 72.2 Å². The van der Waals surface area contributed by atoms with Crippen LogP contribution in [0.15, 0.2) is 65.3 Å². The molecule has 0 spiro atoms. The minimum Gasteiger partial charge on any atom is -0.496 e. The third-order valence-corrected chi connectivity index (χ3v) is 4.39. The molecule has 0 amide bonds. The van der Waals surface area contributed by atoms with Crippen molar-refractivity contribution in [3.05, 3.63) is 72.1 Å². The van der Waals surface area contributed by atoms with Crippen LogP contribution in [0, 0.1) is 0 Å². The number of aromatic nitrogens is 2. The summed E-state index contributed by atoms with van der Waals surface area (Å²) in [5, 5.41) is 6.80. The second-order valence-corrected chi connectivity index (χ2v) is 6.43. The van der Waals surface area contributed by atoms with Gasteiger partial charge in [0, 0.05) is 23.2 Å². The normalized spacial score (nSPS) is 11.5. The molecule has 6 nitrogen and oxygen atoms in total. The van der Waals surface area contributed by atoms with Crippen LogP contribution in [-0.4, -0.2) is 17.1 Å². The summed E-state index contributed by atoms with van der Waals surface area (Å²) in [5.74, 6) is 1.48. The van der Waals surface area contributed by atoms with Gasteiger partial charge in [-0.15, -0.1) is 0 Å². The number of nitrogens with zero attached hydrogens (tertiary/aromatic N) is 2. The Labute approximate surface area is 169 Å². The zero-order chi connectivity index (χ0) is 21.1. The first-order valence-electron chi connectivity index (χ1n) is 8.99. The highest BCUT2D eigenvalue weighted by atomic mass is 19.4. The summed E-state index contributed by atoms with van der Waals surface area (Å²) < 4.78 is 48.1. The minimum absolute atomic E-state index is 0.232. The van der Waals surface area contributed by atoms with E-state index in [1.54, 1.807) is 25.3 Å². The number of hydrogen-bond donors (Lipinski definition) is 2. The van der Waals surface area contributed by atoms with Gasteiger partial charge in [0.15, 0.2) is 5.69 Å². The summed E-state index contributed by atoms with van der Waals surface area (Å²) in [5.41, 5.74) is 1.19. The van der Waals surface area contributed by atoms with Gasteiger partial charge >= 0.3 is 6.18 Å². The van der Waals surface area contributed by atoms with Crippen molar-refractivity contribution in [2.24, 2.45) is 0 Å². The lowest BCUT2D eigenvalue weighted by atomic mass is 10.2. The van der Waals surface area contributed by atoms with Crippen LogP contribution < -0.4 is 15.4 Å². The summed E-state index contributed by atoms with van der Waals surface area (Å²) >= 11 is 0. The second kappa shape index (κ2) is 7.94. The maximum Gasteiger partial charge on any atom is 0.436 e. The first-order chi connectivity index (χ1) is 14.4. The summed E-state index contributed by atoms with van der Waals surface area (Å²) in [6.07, 6.45) is -3.98. The van der Waals surface area contributed by atoms with Crippen LogP contribution in [-0.2, 0) is 12.7 Å². The molecule has 4 aromatic rings. The van der Waals surface area contributed by atoms with Gasteiger partial charge in [-0.25, -0.2) is 4.98 Å². The van der Waals surface area contributed by atoms with Crippen LogP contribution in [0.1, 0.15) is 11.3 Å². The van der Waals surface area contributed by atoms with E-state index in [9.17, 15) is 13.2 Å². The Morgan fingerprint density at radius 3 is 2.63 bits per heavy atom. The van der Waals surface area contributed by atoms with Crippen LogP contribution in [0.5, 0.6) is 5.75 Å². The van der Waals surface area contributed by atoms with Gasteiger partial charge in [-0.3, -0.25) is 0 Å². The van der Waals surface area contributed by atoms with Crippen molar-refractivity contribution in [3.63, 3.8) is 0 Å². The number of methoxy groups -OCH3 is 1. The van der Waals surface area contributed by atoms with Crippen LogP contribution in [0.25, 0.3) is 10.9 Å². The molecule has 2 N–H and O–H groups in total. The number of alkyl halides is 3. The molecule has 0 saturated heterocycles. The fraction of sp³-hybridized carbons (Fsp3) is 0.143. The number of hydrogen-bond acceptors (Lipinski definition) is 6. The molecule has 154 valence electrons. The molecule has 0 saturated carbocycles. The minimum atomic E-state index is -4.55. The highest BCUT2D eigenvalue weighted by molar-refractivity contribution is 5.84. The van der Waals surface area contributed by atoms with Gasteiger partial charge in [-0.05, 0) is 36.4 Å². The molecule has 2 aromatic heterocycles. The molecule has 0 aliphatic rings. The van der Waals surface area contributed by atoms with Crippen molar-refractivity contribution in [3.8, 4) is 5.75 Å². The third-order valence-electron chi connectivity index (χ3n) is 4.39. The number of para-hydroxylation sites is 1. The molecule has 0 aliphatic heterocycles. The zero-order valence-corrected chi connectivity index (χ0v) is 15.8. The van der Waals surface area contributed by atoms with E-state index < -0.39 is 11.9 Å². The number of fused-ring (bicyclic) bond motifs is 1. The summed E-state index contributed by atoms with van der Waals surface area (Å²) in [6.45, 7) is 0.549. The van der Waals surface area contributed by atoms with E-state index >= 15 is 0 Å². The highest BCUT2D eigenvalue weighted by Crippen LogP contribution is 2.30. The zero-order valence-electron chi connectivity index (χ0n) is 15.8. The Morgan fingerprint density at radius 2 is 1.87 bits per heavy atom. The molecule has 0 aliphatic carbocycles. The van der Waals surface area contributed by atoms with Crippen LogP contribution in [0.3, 0.4) is 0 Å². The number of rotatable bonds is 6. The Bertz CT molecular complexity index is 1170. The number of benzene rings is 2. The van der Waals surface area contributed by atoms with E-state index in [0.29, 0.717) is 24.3 Å². The number of pyridine rings is 1. The van der Waals surface area contributed by atoms with E-state index in [4.69, 9.17) is 9.15 Å². The van der Waals surface area contributed by atoms with Gasteiger partial charge in [0.2, 0.25) is 0 Å². The molecule has 0 bridgehead atoms. The van der Waals surface area contributed by atoms with E-state index in [1.165, 1.54) is 0 Å². The lowest BCUT2D eigenvalue weighted by Crippen LogP contribution is -2.05. The highest BCUT2D eigenvalue weighted by Gasteiger charge is 2.34. The van der Waals surface area contributed by atoms with Crippen molar-refractivity contribution in [2.75, 3.05) is 17.7 Å². The van der Waals surface area contributed by atoms with Crippen LogP contribution in [0.4, 0.5) is 30.7 Å². The van der Waals surface area contributed by atoms with Crippen molar-refractivity contribution in [1.29, 1.82) is 0 Å². The number of anilines is 3. The van der Waals surface area contributed by atoms with Gasteiger partial charge in [-0.2, -0.15) is 18.2 Å². The average molecular weight is 414 g/mol. The Kier molecular flexibility index (Phi) is 5.18. The molecular formula is C21H17F3N4O2. The molecule has 4 rings (SSSR count). The van der Waals surface area contributed by atoms with E-state index in [1.807, 2.05) is 36.4 Å². The maximum atomic E-state index is 12.6. The maximum absolute atomic E-state index is 12.6. The lowest BCUT2D eigenvalue weighted by molar-refractivity contribution is -0.141. The SMILES string of the molecule is COc1ccccc1CNc1ccc2cc(Nc3nc(C(F)(F)F)co3)ccc2n1. The van der Waals surface area contributed by atoms with E-state index in [0.717, 1.165) is 22.2 Å². The molecule has 0 fully saturated rings. The summed E-state index contributed by atoms with van der Waals surface area (Å²) in [4.78, 5) is 7.96.